The summed E-state index contributed by atoms with van der Waals surface area (Å²) >= 11 is 13.1. The van der Waals surface area contributed by atoms with Gasteiger partial charge in [-0.2, -0.15) is 0 Å². The average Bonchev–Trinajstić information content (AvgIpc) is 2.89. The molecule has 1 aromatic heterocycles. The van der Waals surface area contributed by atoms with E-state index in [0.717, 1.165) is 0 Å². The van der Waals surface area contributed by atoms with Crippen molar-refractivity contribution in [1.29, 1.82) is 0 Å². The number of carbonyl (C=O) groups excluding carboxylic acids is 1. The highest BCUT2D eigenvalue weighted by Crippen LogP contribution is 2.33. The van der Waals surface area contributed by atoms with E-state index in [1.165, 1.54) is 11.3 Å². The number of anilines is 1. The number of carbonyl (C=O) groups is 1. The number of thiophene rings is 1. The summed E-state index contributed by atoms with van der Waals surface area (Å²) in [6, 6.07) is 8.50. The van der Waals surface area contributed by atoms with E-state index in [4.69, 9.17) is 32.7 Å². The lowest BCUT2D eigenvalue weighted by Crippen LogP contribution is -2.12. The van der Waals surface area contributed by atoms with Gasteiger partial charge in [-0.1, -0.05) is 29.3 Å². The van der Waals surface area contributed by atoms with Gasteiger partial charge in [-0.15, -0.1) is 11.3 Å². The maximum atomic E-state index is 12.1. The van der Waals surface area contributed by atoms with Gasteiger partial charge < -0.3 is 14.8 Å². The Bertz CT molecular complexity index is 630. The maximum Gasteiger partial charge on any atom is 0.265 e. The van der Waals surface area contributed by atoms with E-state index in [1.54, 1.807) is 37.4 Å². The van der Waals surface area contributed by atoms with Gasteiger partial charge in [0.15, 0.2) is 5.75 Å². The molecule has 0 aliphatic carbocycles. The van der Waals surface area contributed by atoms with Crippen molar-refractivity contribution in [2.24, 2.45) is 0 Å². The highest BCUT2D eigenvalue weighted by molar-refractivity contribution is 7.18. The predicted molar refractivity (Wildman–Crippen MR) is 86.1 cm³/mol. The largest absolute Gasteiger partial charge is 0.487 e. The number of nitrogens with one attached hydrogen (secondary N) is 1. The van der Waals surface area contributed by atoms with Crippen molar-refractivity contribution in [2.45, 2.75) is 0 Å². The van der Waals surface area contributed by atoms with E-state index in [9.17, 15) is 4.79 Å². The van der Waals surface area contributed by atoms with E-state index in [1.807, 2.05) is 0 Å². The van der Waals surface area contributed by atoms with Crippen LogP contribution < -0.4 is 10.1 Å². The van der Waals surface area contributed by atoms with E-state index in [2.05, 4.69) is 5.32 Å². The minimum absolute atomic E-state index is 0.259. The van der Waals surface area contributed by atoms with Crippen LogP contribution in [0.25, 0.3) is 0 Å². The Kier molecular flexibility index (Phi) is 5.87. The predicted octanol–water partition coefficient (Wildman–Crippen LogP) is 4.33. The van der Waals surface area contributed by atoms with E-state index in [-0.39, 0.29) is 5.91 Å². The highest BCUT2D eigenvalue weighted by Gasteiger charge is 2.14. The molecule has 21 heavy (non-hydrogen) atoms. The number of rotatable bonds is 6. The highest BCUT2D eigenvalue weighted by atomic mass is 35.5. The Morgan fingerprint density at radius 1 is 1.24 bits per heavy atom. The number of halogens is 2. The van der Waals surface area contributed by atoms with Gasteiger partial charge in [-0.3, -0.25) is 4.79 Å². The van der Waals surface area contributed by atoms with E-state index < -0.39 is 0 Å². The van der Waals surface area contributed by atoms with Crippen LogP contribution in [0.3, 0.4) is 0 Å². The molecular weight excluding hydrogens is 333 g/mol. The molecule has 0 bridgehead atoms. The van der Waals surface area contributed by atoms with Gasteiger partial charge in [0.2, 0.25) is 0 Å². The number of hydrogen-bond donors (Lipinski definition) is 1. The first kappa shape index (κ1) is 16.1. The summed E-state index contributed by atoms with van der Waals surface area (Å²) < 4.78 is 11.0. The van der Waals surface area contributed by atoms with Crippen LogP contribution in [-0.2, 0) is 4.74 Å². The Morgan fingerprint density at radius 2 is 2.05 bits per heavy atom. The standard InChI is InChI=1S/C14H13Cl2NO3S/c1-19-7-8-20-13-9(15)3-2-4-10(13)17-14(18)11-5-6-12(16)21-11/h2-6H,7-8H2,1H3,(H,17,18). The van der Waals surface area contributed by atoms with Crippen LogP contribution in [0.5, 0.6) is 5.75 Å². The van der Waals surface area contributed by atoms with Gasteiger partial charge in [0.25, 0.3) is 5.91 Å². The Hall–Kier alpha value is -1.27. The van der Waals surface area contributed by atoms with Crippen LogP contribution in [0.4, 0.5) is 5.69 Å². The van der Waals surface area contributed by atoms with Gasteiger partial charge in [0, 0.05) is 7.11 Å². The molecular formula is C14H13Cl2NO3S. The minimum Gasteiger partial charge on any atom is -0.487 e. The molecule has 1 amide bonds. The van der Waals surface area contributed by atoms with Crippen LogP contribution in [0.2, 0.25) is 9.36 Å². The van der Waals surface area contributed by atoms with Gasteiger partial charge in [0.05, 0.1) is 26.5 Å². The molecule has 1 N–H and O–H groups in total. The Labute approximate surface area is 136 Å². The molecule has 7 heteroatoms. The quantitative estimate of drug-likeness (QED) is 0.792. The number of benzene rings is 1. The first-order valence-electron chi connectivity index (χ1n) is 6.08. The molecule has 0 fully saturated rings. The smallest absolute Gasteiger partial charge is 0.265 e. The van der Waals surface area contributed by atoms with Gasteiger partial charge in [-0.25, -0.2) is 0 Å². The summed E-state index contributed by atoms with van der Waals surface area (Å²) in [7, 11) is 1.58. The molecule has 0 unspecified atom stereocenters. The third kappa shape index (κ3) is 4.35. The van der Waals surface area contributed by atoms with Crippen LogP contribution in [0, 0.1) is 0 Å². The number of amides is 1. The van der Waals surface area contributed by atoms with Gasteiger partial charge in [-0.05, 0) is 24.3 Å². The lowest BCUT2D eigenvalue weighted by atomic mass is 10.3. The molecule has 4 nitrogen and oxygen atoms in total. The maximum absolute atomic E-state index is 12.1. The van der Waals surface area contributed by atoms with Gasteiger partial charge in [0.1, 0.15) is 6.61 Å². The zero-order valence-electron chi connectivity index (χ0n) is 11.2. The fraction of sp³-hybridized carbons (Fsp3) is 0.214. The monoisotopic (exact) mass is 345 g/mol. The van der Waals surface area contributed by atoms with Crippen LogP contribution in [-0.4, -0.2) is 26.2 Å². The van der Waals surface area contributed by atoms with Crippen LogP contribution in [0.15, 0.2) is 30.3 Å². The first-order chi connectivity index (χ1) is 10.1. The molecule has 1 heterocycles. The number of hydrogen-bond acceptors (Lipinski definition) is 4. The lowest BCUT2D eigenvalue weighted by molar-refractivity contribution is 0.102. The zero-order valence-corrected chi connectivity index (χ0v) is 13.5. The van der Waals surface area contributed by atoms with E-state index >= 15 is 0 Å². The van der Waals surface area contributed by atoms with Crippen molar-refractivity contribution >= 4 is 46.1 Å². The summed E-state index contributed by atoms with van der Waals surface area (Å²) in [5, 5.41) is 3.19. The van der Waals surface area contributed by atoms with Gasteiger partial charge >= 0.3 is 0 Å². The Balaban J connectivity index is 2.15. The van der Waals surface area contributed by atoms with Crippen molar-refractivity contribution < 1.29 is 14.3 Å². The molecule has 0 aliphatic rings. The van der Waals surface area contributed by atoms with E-state index in [0.29, 0.717) is 38.9 Å². The molecule has 0 spiro atoms. The van der Waals surface area contributed by atoms with Crippen LogP contribution in [0.1, 0.15) is 9.67 Å². The molecule has 0 saturated heterocycles. The molecule has 0 aliphatic heterocycles. The summed E-state index contributed by atoms with van der Waals surface area (Å²) in [5.74, 6) is 0.165. The van der Waals surface area contributed by atoms with Crippen molar-refractivity contribution in [1.82, 2.24) is 0 Å². The SMILES string of the molecule is COCCOc1c(Cl)cccc1NC(=O)c1ccc(Cl)s1. The van der Waals surface area contributed by atoms with Crippen molar-refractivity contribution in [2.75, 3.05) is 25.6 Å². The normalized spacial score (nSPS) is 10.4. The van der Waals surface area contributed by atoms with Crippen molar-refractivity contribution in [3.05, 3.63) is 44.6 Å². The first-order valence-corrected chi connectivity index (χ1v) is 7.66. The molecule has 2 rings (SSSR count). The van der Waals surface area contributed by atoms with Crippen LogP contribution >= 0.6 is 34.5 Å². The summed E-state index contributed by atoms with van der Waals surface area (Å²) in [5.41, 5.74) is 0.508. The fourth-order valence-corrected chi connectivity index (χ4v) is 2.77. The van der Waals surface area contributed by atoms with Crippen molar-refractivity contribution in [3.8, 4) is 5.75 Å². The number of methoxy groups -OCH3 is 1. The molecule has 112 valence electrons. The third-order valence-electron chi connectivity index (χ3n) is 2.55. The summed E-state index contributed by atoms with van der Waals surface area (Å²) in [4.78, 5) is 12.7. The summed E-state index contributed by atoms with van der Waals surface area (Å²) in [6.45, 7) is 0.771. The zero-order chi connectivity index (χ0) is 15.2. The average molecular weight is 346 g/mol. The van der Waals surface area contributed by atoms with Crippen molar-refractivity contribution in [3.63, 3.8) is 0 Å². The number of para-hydroxylation sites is 1. The lowest BCUT2D eigenvalue weighted by Gasteiger charge is -2.13. The molecule has 1 aromatic carbocycles. The molecule has 0 saturated carbocycles. The second-order valence-electron chi connectivity index (χ2n) is 4.02. The topological polar surface area (TPSA) is 47.6 Å². The molecule has 2 aromatic rings. The minimum atomic E-state index is -0.259. The second-order valence-corrected chi connectivity index (χ2v) is 6.14. The third-order valence-corrected chi connectivity index (χ3v) is 4.07. The second kappa shape index (κ2) is 7.66. The summed E-state index contributed by atoms with van der Waals surface area (Å²) in [6.07, 6.45) is 0. The molecule has 0 atom stereocenters. The Morgan fingerprint density at radius 3 is 2.71 bits per heavy atom. The molecule has 0 radical (unpaired) electrons. The number of ether oxygens (including phenoxy) is 2. The fourth-order valence-electron chi connectivity index (χ4n) is 1.60.